The molecule has 1 aliphatic heterocycles. The SMILES string of the molecule is CCCCOc1ccc(C(O)=C2C(=O)C(=O)N(CCN(CC)CC)[C@H]2c2ccc(O)c(OC)c2)cc1C. The summed E-state index contributed by atoms with van der Waals surface area (Å²) in [5, 5.41) is 21.5. The van der Waals surface area contributed by atoms with E-state index in [2.05, 4.69) is 11.8 Å². The number of aliphatic hydroxyl groups excluding tert-OH is 1. The van der Waals surface area contributed by atoms with E-state index in [4.69, 9.17) is 9.47 Å². The highest BCUT2D eigenvalue weighted by Crippen LogP contribution is 2.42. The zero-order valence-corrected chi connectivity index (χ0v) is 22.4. The second kappa shape index (κ2) is 12.6. The van der Waals surface area contributed by atoms with Crippen LogP contribution in [-0.2, 0) is 9.59 Å². The Labute approximate surface area is 219 Å². The van der Waals surface area contributed by atoms with Crippen molar-refractivity contribution in [3.05, 3.63) is 58.7 Å². The molecule has 1 saturated heterocycles. The van der Waals surface area contributed by atoms with E-state index in [9.17, 15) is 19.8 Å². The fraction of sp³-hybridized carbons (Fsp3) is 0.448. The number of rotatable bonds is 12. The van der Waals surface area contributed by atoms with Gasteiger partial charge in [0.1, 0.15) is 11.5 Å². The van der Waals surface area contributed by atoms with Crippen molar-refractivity contribution >= 4 is 17.4 Å². The number of likely N-dealkylation sites (tertiary alicyclic amines) is 1. The average molecular weight is 511 g/mol. The lowest BCUT2D eigenvalue weighted by Gasteiger charge is -2.28. The van der Waals surface area contributed by atoms with Crippen LogP contribution in [0, 0.1) is 6.92 Å². The van der Waals surface area contributed by atoms with Gasteiger partial charge in [0.25, 0.3) is 11.7 Å². The number of carbonyl (C=O) groups excluding carboxylic acids is 2. The van der Waals surface area contributed by atoms with Crippen molar-refractivity contribution in [2.24, 2.45) is 0 Å². The maximum absolute atomic E-state index is 13.3. The number of hydrogen-bond donors (Lipinski definition) is 2. The van der Waals surface area contributed by atoms with Crippen molar-refractivity contribution in [1.29, 1.82) is 0 Å². The zero-order chi connectivity index (χ0) is 27.1. The molecule has 0 aromatic heterocycles. The van der Waals surface area contributed by atoms with Gasteiger partial charge in [-0.05, 0) is 67.9 Å². The van der Waals surface area contributed by atoms with Crippen molar-refractivity contribution < 1.29 is 29.3 Å². The van der Waals surface area contributed by atoms with Gasteiger partial charge in [0.15, 0.2) is 11.5 Å². The van der Waals surface area contributed by atoms with Crippen LogP contribution in [0.5, 0.6) is 17.2 Å². The van der Waals surface area contributed by atoms with Gasteiger partial charge in [-0.15, -0.1) is 0 Å². The number of carbonyl (C=O) groups is 2. The quantitative estimate of drug-likeness (QED) is 0.186. The number of phenolic OH excluding ortho intramolecular Hbond substituents is 1. The number of amides is 1. The number of ether oxygens (including phenoxy) is 2. The lowest BCUT2D eigenvalue weighted by atomic mass is 9.94. The van der Waals surface area contributed by atoms with Gasteiger partial charge < -0.3 is 29.5 Å². The van der Waals surface area contributed by atoms with Crippen LogP contribution in [0.4, 0.5) is 0 Å². The Hall–Kier alpha value is -3.52. The molecule has 2 aromatic rings. The minimum absolute atomic E-state index is 0.0105. The molecule has 0 bridgehead atoms. The molecule has 37 heavy (non-hydrogen) atoms. The number of ketones is 1. The van der Waals surface area contributed by atoms with Crippen LogP contribution in [0.3, 0.4) is 0 Å². The van der Waals surface area contributed by atoms with Crippen LogP contribution in [0.15, 0.2) is 42.0 Å². The summed E-state index contributed by atoms with van der Waals surface area (Å²) >= 11 is 0. The number of nitrogens with zero attached hydrogens (tertiary/aromatic N) is 2. The lowest BCUT2D eigenvalue weighted by Crippen LogP contribution is -2.38. The summed E-state index contributed by atoms with van der Waals surface area (Å²) in [6.07, 6.45) is 1.96. The second-order valence-corrected chi connectivity index (χ2v) is 9.13. The van der Waals surface area contributed by atoms with Crippen LogP contribution in [0.1, 0.15) is 56.3 Å². The minimum atomic E-state index is -0.828. The van der Waals surface area contributed by atoms with E-state index in [-0.39, 0.29) is 22.8 Å². The van der Waals surface area contributed by atoms with Gasteiger partial charge in [-0.25, -0.2) is 0 Å². The van der Waals surface area contributed by atoms with E-state index >= 15 is 0 Å². The summed E-state index contributed by atoms with van der Waals surface area (Å²) in [5.41, 5.74) is 1.82. The number of Topliss-reactive ketones (excluding diaryl/α,β-unsaturated/α-hetero) is 1. The molecule has 0 spiro atoms. The summed E-state index contributed by atoms with van der Waals surface area (Å²) in [7, 11) is 1.43. The highest BCUT2D eigenvalue weighted by atomic mass is 16.5. The molecule has 1 fully saturated rings. The van der Waals surface area contributed by atoms with Crippen LogP contribution in [-0.4, -0.2) is 71.6 Å². The molecule has 1 amide bonds. The molecule has 0 unspecified atom stereocenters. The number of phenols is 1. The molecular weight excluding hydrogens is 472 g/mol. The lowest BCUT2D eigenvalue weighted by molar-refractivity contribution is -0.140. The molecule has 200 valence electrons. The normalized spacial score (nSPS) is 17.0. The summed E-state index contributed by atoms with van der Waals surface area (Å²) < 4.78 is 11.1. The van der Waals surface area contributed by atoms with Crippen LogP contribution >= 0.6 is 0 Å². The number of unbranched alkanes of at least 4 members (excludes halogenated alkanes) is 1. The molecular formula is C29H38N2O6. The first kappa shape index (κ1) is 28.1. The molecule has 8 nitrogen and oxygen atoms in total. The fourth-order valence-electron chi connectivity index (χ4n) is 4.55. The molecule has 0 aliphatic carbocycles. The van der Waals surface area contributed by atoms with E-state index in [1.54, 1.807) is 30.3 Å². The van der Waals surface area contributed by atoms with Gasteiger partial charge in [0.2, 0.25) is 0 Å². The third-order valence-corrected chi connectivity index (χ3v) is 6.81. The van der Waals surface area contributed by atoms with Crippen molar-refractivity contribution in [2.45, 2.75) is 46.6 Å². The Balaban J connectivity index is 2.08. The van der Waals surface area contributed by atoms with Crippen molar-refractivity contribution in [2.75, 3.05) is 39.9 Å². The standard InChI is InChI=1S/C29H38N2O6/c1-6-9-16-37-23-13-11-21(17-19(23)4)27(33)25-26(20-10-12-22(32)24(18-20)36-5)31(29(35)28(25)34)15-14-30(7-2)8-3/h10-13,17-18,26,32-33H,6-9,14-16H2,1-5H3/t26-/m0/s1. The molecule has 2 N–H and O–H groups in total. The van der Waals surface area contributed by atoms with Gasteiger partial charge >= 0.3 is 0 Å². The maximum Gasteiger partial charge on any atom is 0.295 e. The molecule has 1 heterocycles. The van der Waals surface area contributed by atoms with Crippen LogP contribution in [0.2, 0.25) is 0 Å². The van der Waals surface area contributed by atoms with Crippen molar-refractivity contribution in [1.82, 2.24) is 9.80 Å². The molecule has 1 aliphatic rings. The van der Waals surface area contributed by atoms with Crippen molar-refractivity contribution in [3.8, 4) is 17.2 Å². The number of benzene rings is 2. The number of hydrogen-bond acceptors (Lipinski definition) is 7. The first-order chi connectivity index (χ1) is 17.8. The Morgan fingerprint density at radius 2 is 1.78 bits per heavy atom. The van der Waals surface area contributed by atoms with Gasteiger partial charge in [-0.3, -0.25) is 9.59 Å². The number of aliphatic hydroxyl groups is 1. The topological polar surface area (TPSA) is 99.5 Å². The zero-order valence-electron chi connectivity index (χ0n) is 22.4. The third kappa shape index (κ3) is 6.07. The predicted molar refractivity (Wildman–Crippen MR) is 143 cm³/mol. The Bertz CT molecular complexity index is 1160. The monoisotopic (exact) mass is 510 g/mol. The van der Waals surface area contributed by atoms with E-state index < -0.39 is 17.7 Å². The van der Waals surface area contributed by atoms with E-state index in [1.807, 2.05) is 20.8 Å². The highest BCUT2D eigenvalue weighted by molar-refractivity contribution is 6.46. The second-order valence-electron chi connectivity index (χ2n) is 9.13. The summed E-state index contributed by atoms with van der Waals surface area (Å²) in [4.78, 5) is 30.2. The number of aryl methyl sites for hydroxylation is 1. The summed E-state index contributed by atoms with van der Waals surface area (Å²) in [6.45, 7) is 11.2. The average Bonchev–Trinajstić information content (AvgIpc) is 3.15. The van der Waals surface area contributed by atoms with Crippen LogP contribution < -0.4 is 9.47 Å². The van der Waals surface area contributed by atoms with Crippen molar-refractivity contribution in [3.63, 3.8) is 0 Å². The van der Waals surface area contributed by atoms with E-state index in [0.29, 0.717) is 36.6 Å². The first-order valence-electron chi connectivity index (χ1n) is 12.9. The fourth-order valence-corrected chi connectivity index (χ4v) is 4.55. The third-order valence-electron chi connectivity index (χ3n) is 6.81. The first-order valence-corrected chi connectivity index (χ1v) is 12.9. The molecule has 8 heteroatoms. The largest absolute Gasteiger partial charge is 0.507 e. The predicted octanol–water partition coefficient (Wildman–Crippen LogP) is 4.65. The number of aromatic hydroxyl groups is 1. The Kier molecular flexibility index (Phi) is 9.58. The van der Waals surface area contributed by atoms with Gasteiger partial charge in [-0.2, -0.15) is 0 Å². The van der Waals surface area contributed by atoms with Gasteiger partial charge in [0.05, 0.1) is 25.3 Å². The smallest absolute Gasteiger partial charge is 0.295 e. The van der Waals surface area contributed by atoms with Gasteiger partial charge in [0, 0.05) is 18.7 Å². The molecule has 0 saturated carbocycles. The summed E-state index contributed by atoms with van der Waals surface area (Å²) in [5.74, 6) is -0.776. The summed E-state index contributed by atoms with van der Waals surface area (Å²) in [6, 6.07) is 9.10. The number of methoxy groups -OCH3 is 1. The van der Waals surface area contributed by atoms with E-state index in [1.165, 1.54) is 18.1 Å². The molecule has 3 rings (SSSR count). The van der Waals surface area contributed by atoms with E-state index in [0.717, 1.165) is 31.5 Å². The number of likely N-dealkylation sites (N-methyl/N-ethyl adjacent to an activating group) is 1. The molecule has 0 radical (unpaired) electrons. The maximum atomic E-state index is 13.3. The Morgan fingerprint density at radius 3 is 2.41 bits per heavy atom. The minimum Gasteiger partial charge on any atom is -0.507 e. The van der Waals surface area contributed by atoms with Gasteiger partial charge in [-0.1, -0.05) is 33.3 Å². The molecule has 2 aromatic carbocycles. The molecule has 1 atom stereocenters. The highest BCUT2D eigenvalue weighted by Gasteiger charge is 2.46. The Morgan fingerprint density at radius 1 is 1.05 bits per heavy atom. The van der Waals surface area contributed by atoms with Crippen LogP contribution in [0.25, 0.3) is 5.76 Å².